The van der Waals surface area contributed by atoms with Crippen LogP contribution in [0.25, 0.3) is 0 Å². The van der Waals surface area contributed by atoms with Crippen molar-refractivity contribution < 1.29 is 14.3 Å². The average molecular weight is 339 g/mol. The zero-order valence-electron chi connectivity index (χ0n) is 14.3. The molecule has 0 bridgehead atoms. The number of rotatable bonds is 7. The molecule has 0 fully saturated rings. The molecule has 0 atom stereocenters. The molecular formula is C19H21N3O3. The number of methoxy groups -OCH3 is 1. The Kier molecular flexibility index (Phi) is 6.66. The van der Waals surface area contributed by atoms with Crippen LogP contribution in [-0.2, 0) is 6.42 Å². The molecule has 0 spiro atoms. The van der Waals surface area contributed by atoms with Crippen LogP contribution in [0.2, 0.25) is 0 Å². The van der Waals surface area contributed by atoms with Crippen LogP contribution in [-0.4, -0.2) is 26.3 Å². The molecule has 0 saturated heterocycles. The van der Waals surface area contributed by atoms with Gasteiger partial charge >= 0.3 is 6.03 Å². The molecule has 25 heavy (non-hydrogen) atoms. The number of nitriles is 1. The lowest BCUT2D eigenvalue weighted by Gasteiger charge is -2.11. The average Bonchev–Trinajstić information content (AvgIpc) is 2.63. The molecule has 2 amide bonds. The maximum absolute atomic E-state index is 11.9. The Morgan fingerprint density at radius 3 is 2.56 bits per heavy atom. The van der Waals surface area contributed by atoms with Gasteiger partial charge in [0.25, 0.3) is 0 Å². The third kappa shape index (κ3) is 5.43. The Labute approximate surface area is 147 Å². The molecule has 130 valence electrons. The standard InChI is InChI=1S/C19H21N3O3/c1-3-25-17-9-6-14(12-18(17)24-2)10-11-21-19(23)22-16-7-4-15(13-20)5-8-16/h4-9,12H,3,10-11H2,1-2H3,(H2,21,22,23). The molecule has 0 radical (unpaired) electrons. The van der Waals surface area contributed by atoms with Crippen molar-refractivity contribution in [3.63, 3.8) is 0 Å². The van der Waals surface area contributed by atoms with E-state index in [-0.39, 0.29) is 6.03 Å². The first-order chi connectivity index (χ1) is 12.2. The number of carbonyl (C=O) groups excluding carboxylic acids is 1. The Morgan fingerprint density at radius 2 is 1.92 bits per heavy atom. The number of hydrogen-bond donors (Lipinski definition) is 2. The number of nitrogens with one attached hydrogen (secondary N) is 2. The predicted octanol–water partition coefficient (Wildman–Crippen LogP) is 3.33. The van der Waals surface area contributed by atoms with Crippen molar-refractivity contribution in [3.8, 4) is 17.6 Å². The van der Waals surface area contributed by atoms with E-state index in [9.17, 15) is 4.79 Å². The number of nitrogens with zero attached hydrogens (tertiary/aromatic N) is 1. The van der Waals surface area contributed by atoms with E-state index in [1.807, 2.05) is 31.2 Å². The summed E-state index contributed by atoms with van der Waals surface area (Å²) in [6, 6.07) is 14.2. The van der Waals surface area contributed by atoms with Crippen LogP contribution in [0.3, 0.4) is 0 Å². The van der Waals surface area contributed by atoms with Gasteiger partial charge in [-0.15, -0.1) is 0 Å². The van der Waals surface area contributed by atoms with Gasteiger partial charge in [-0.25, -0.2) is 4.79 Å². The summed E-state index contributed by atoms with van der Waals surface area (Å²) in [5.74, 6) is 1.39. The summed E-state index contributed by atoms with van der Waals surface area (Å²) in [5.41, 5.74) is 2.23. The Morgan fingerprint density at radius 1 is 1.16 bits per heavy atom. The van der Waals surface area contributed by atoms with E-state index in [1.165, 1.54) is 0 Å². The first-order valence-corrected chi connectivity index (χ1v) is 8.01. The van der Waals surface area contributed by atoms with E-state index >= 15 is 0 Å². The third-order valence-corrected chi connectivity index (χ3v) is 3.50. The topological polar surface area (TPSA) is 83.4 Å². The highest BCUT2D eigenvalue weighted by atomic mass is 16.5. The molecule has 2 rings (SSSR count). The maximum atomic E-state index is 11.9. The minimum atomic E-state index is -0.289. The summed E-state index contributed by atoms with van der Waals surface area (Å²) in [6.07, 6.45) is 0.670. The number of benzene rings is 2. The smallest absolute Gasteiger partial charge is 0.319 e. The van der Waals surface area contributed by atoms with Gasteiger partial charge in [-0.1, -0.05) is 6.07 Å². The highest BCUT2D eigenvalue weighted by molar-refractivity contribution is 5.89. The maximum Gasteiger partial charge on any atom is 0.319 e. The van der Waals surface area contributed by atoms with Gasteiger partial charge in [0.1, 0.15) is 0 Å². The highest BCUT2D eigenvalue weighted by Crippen LogP contribution is 2.28. The third-order valence-electron chi connectivity index (χ3n) is 3.50. The van der Waals surface area contributed by atoms with Crippen LogP contribution in [0.5, 0.6) is 11.5 Å². The molecule has 0 saturated carbocycles. The van der Waals surface area contributed by atoms with E-state index in [4.69, 9.17) is 14.7 Å². The van der Waals surface area contributed by atoms with E-state index in [0.717, 1.165) is 5.56 Å². The molecule has 0 aliphatic carbocycles. The first kappa shape index (κ1) is 18.1. The number of hydrogen-bond acceptors (Lipinski definition) is 4. The van der Waals surface area contributed by atoms with Crippen molar-refractivity contribution in [2.45, 2.75) is 13.3 Å². The zero-order valence-corrected chi connectivity index (χ0v) is 14.3. The number of carbonyl (C=O) groups is 1. The van der Waals surface area contributed by atoms with Crippen molar-refractivity contribution in [2.75, 3.05) is 25.6 Å². The Balaban J connectivity index is 1.83. The molecular weight excluding hydrogens is 318 g/mol. The number of amides is 2. The van der Waals surface area contributed by atoms with E-state index in [1.54, 1.807) is 31.4 Å². The monoisotopic (exact) mass is 339 g/mol. The molecule has 2 aromatic carbocycles. The number of urea groups is 1. The fourth-order valence-electron chi connectivity index (χ4n) is 2.27. The van der Waals surface area contributed by atoms with Gasteiger partial charge in [-0.05, 0) is 55.3 Å². The van der Waals surface area contributed by atoms with Gasteiger partial charge in [0.2, 0.25) is 0 Å². The van der Waals surface area contributed by atoms with Crippen molar-refractivity contribution in [1.82, 2.24) is 5.32 Å². The summed E-state index contributed by atoms with van der Waals surface area (Å²) in [6.45, 7) is 2.98. The van der Waals surface area contributed by atoms with Crippen molar-refractivity contribution in [2.24, 2.45) is 0 Å². The predicted molar refractivity (Wildman–Crippen MR) is 96.0 cm³/mol. The fraction of sp³-hybridized carbons (Fsp3) is 0.263. The second-order valence-corrected chi connectivity index (χ2v) is 5.24. The fourth-order valence-corrected chi connectivity index (χ4v) is 2.27. The minimum Gasteiger partial charge on any atom is -0.493 e. The lowest BCUT2D eigenvalue weighted by atomic mass is 10.1. The van der Waals surface area contributed by atoms with Gasteiger partial charge in [0, 0.05) is 12.2 Å². The highest BCUT2D eigenvalue weighted by Gasteiger charge is 2.06. The zero-order chi connectivity index (χ0) is 18.1. The van der Waals surface area contributed by atoms with Gasteiger partial charge in [-0.3, -0.25) is 0 Å². The van der Waals surface area contributed by atoms with Crippen LogP contribution >= 0.6 is 0 Å². The van der Waals surface area contributed by atoms with Crippen LogP contribution in [0.15, 0.2) is 42.5 Å². The van der Waals surface area contributed by atoms with E-state index in [2.05, 4.69) is 10.6 Å². The van der Waals surface area contributed by atoms with Gasteiger partial charge in [0.05, 0.1) is 25.3 Å². The molecule has 6 heteroatoms. The summed E-state index contributed by atoms with van der Waals surface area (Å²) >= 11 is 0. The van der Waals surface area contributed by atoms with E-state index in [0.29, 0.717) is 42.3 Å². The lowest BCUT2D eigenvalue weighted by molar-refractivity contribution is 0.252. The lowest BCUT2D eigenvalue weighted by Crippen LogP contribution is -2.30. The molecule has 0 heterocycles. The van der Waals surface area contributed by atoms with Crippen molar-refractivity contribution in [1.29, 1.82) is 5.26 Å². The largest absolute Gasteiger partial charge is 0.493 e. The minimum absolute atomic E-state index is 0.289. The molecule has 0 unspecified atom stereocenters. The normalized spacial score (nSPS) is 9.80. The molecule has 0 aliphatic rings. The second-order valence-electron chi connectivity index (χ2n) is 5.24. The summed E-state index contributed by atoms with van der Waals surface area (Å²) in [5, 5.41) is 14.3. The van der Waals surface area contributed by atoms with Crippen LogP contribution in [0, 0.1) is 11.3 Å². The van der Waals surface area contributed by atoms with Crippen LogP contribution in [0.1, 0.15) is 18.1 Å². The van der Waals surface area contributed by atoms with Crippen LogP contribution < -0.4 is 20.1 Å². The summed E-state index contributed by atoms with van der Waals surface area (Å²) < 4.78 is 10.8. The SMILES string of the molecule is CCOc1ccc(CCNC(=O)Nc2ccc(C#N)cc2)cc1OC. The van der Waals surface area contributed by atoms with Gasteiger partial charge < -0.3 is 20.1 Å². The van der Waals surface area contributed by atoms with Gasteiger partial charge in [-0.2, -0.15) is 5.26 Å². The molecule has 0 aliphatic heterocycles. The molecule has 6 nitrogen and oxygen atoms in total. The Hall–Kier alpha value is -3.20. The number of anilines is 1. The molecule has 0 aromatic heterocycles. The quantitative estimate of drug-likeness (QED) is 0.810. The van der Waals surface area contributed by atoms with Gasteiger partial charge in [0.15, 0.2) is 11.5 Å². The molecule has 2 aromatic rings. The first-order valence-electron chi connectivity index (χ1n) is 8.01. The summed E-state index contributed by atoms with van der Waals surface area (Å²) in [7, 11) is 1.60. The molecule has 2 N–H and O–H groups in total. The van der Waals surface area contributed by atoms with Crippen molar-refractivity contribution >= 4 is 11.7 Å². The second kappa shape index (κ2) is 9.18. The summed E-state index contributed by atoms with van der Waals surface area (Å²) in [4.78, 5) is 11.9. The van der Waals surface area contributed by atoms with Crippen LogP contribution in [0.4, 0.5) is 10.5 Å². The van der Waals surface area contributed by atoms with Crippen molar-refractivity contribution in [3.05, 3.63) is 53.6 Å². The van der Waals surface area contributed by atoms with E-state index < -0.39 is 0 Å². The number of ether oxygens (including phenoxy) is 2. The Bertz CT molecular complexity index is 751.